The Morgan fingerprint density at radius 1 is 1.41 bits per heavy atom. The summed E-state index contributed by atoms with van der Waals surface area (Å²) in [5.74, 6) is 0.501. The van der Waals surface area contributed by atoms with E-state index in [1.54, 1.807) is 7.11 Å². The van der Waals surface area contributed by atoms with E-state index in [-0.39, 0.29) is 6.61 Å². The van der Waals surface area contributed by atoms with Crippen LogP contribution in [0.3, 0.4) is 0 Å². The largest absolute Gasteiger partial charge is 0.396 e. The predicted molar refractivity (Wildman–Crippen MR) is 71.4 cm³/mol. The first kappa shape index (κ1) is 14.0. The Hall–Kier alpha value is -1.06. The van der Waals surface area contributed by atoms with E-state index in [2.05, 4.69) is 36.5 Å². The normalized spacial score (nSPS) is 12.4. The highest BCUT2D eigenvalue weighted by Crippen LogP contribution is 2.12. The second-order valence-corrected chi connectivity index (χ2v) is 4.47. The molecule has 3 heteroatoms. The molecular formula is C14H23NO2. The number of hydrogen-bond donors (Lipinski definition) is 2. The van der Waals surface area contributed by atoms with Crippen molar-refractivity contribution in [2.45, 2.75) is 19.8 Å². The number of nitrogens with one attached hydrogen (secondary N) is 1. The second-order valence-electron chi connectivity index (χ2n) is 4.47. The molecule has 96 valence electrons. The van der Waals surface area contributed by atoms with E-state index < -0.39 is 0 Å². The molecule has 0 amide bonds. The summed E-state index contributed by atoms with van der Waals surface area (Å²) < 4.78 is 5.10. The fourth-order valence-corrected chi connectivity index (χ4v) is 1.76. The third-order valence-corrected chi connectivity index (χ3v) is 2.66. The molecule has 1 unspecified atom stereocenters. The van der Waals surface area contributed by atoms with Gasteiger partial charge >= 0.3 is 0 Å². The maximum absolute atomic E-state index is 8.80. The van der Waals surface area contributed by atoms with Crippen LogP contribution in [0.4, 0.5) is 5.69 Å². The molecule has 0 saturated heterocycles. The van der Waals surface area contributed by atoms with Crippen LogP contribution in [-0.4, -0.2) is 32.0 Å². The molecule has 1 aromatic rings. The third-order valence-electron chi connectivity index (χ3n) is 2.66. The Labute approximate surface area is 104 Å². The molecule has 17 heavy (non-hydrogen) atoms. The maximum atomic E-state index is 8.80. The molecule has 0 aliphatic heterocycles. The minimum atomic E-state index is 0.253. The van der Waals surface area contributed by atoms with Crippen LogP contribution in [0.5, 0.6) is 0 Å². The Kier molecular flexibility index (Phi) is 6.67. The van der Waals surface area contributed by atoms with Crippen LogP contribution in [-0.2, 0) is 11.2 Å². The summed E-state index contributed by atoms with van der Waals surface area (Å²) in [5.41, 5.74) is 2.41. The summed E-state index contributed by atoms with van der Waals surface area (Å²) in [6.45, 7) is 4.10. The van der Waals surface area contributed by atoms with Gasteiger partial charge in [-0.05, 0) is 36.5 Å². The fourth-order valence-electron chi connectivity index (χ4n) is 1.76. The number of aliphatic hydroxyl groups is 1. The number of aryl methyl sites for hydroxylation is 1. The molecular weight excluding hydrogens is 214 g/mol. The molecule has 0 aliphatic rings. The van der Waals surface area contributed by atoms with E-state index in [0.717, 1.165) is 31.7 Å². The lowest BCUT2D eigenvalue weighted by Gasteiger charge is -2.13. The number of benzene rings is 1. The van der Waals surface area contributed by atoms with E-state index in [1.807, 2.05) is 0 Å². The molecule has 0 aliphatic carbocycles. The number of hydrogen-bond acceptors (Lipinski definition) is 3. The van der Waals surface area contributed by atoms with Crippen molar-refractivity contribution in [3.8, 4) is 0 Å². The van der Waals surface area contributed by atoms with Crippen LogP contribution >= 0.6 is 0 Å². The van der Waals surface area contributed by atoms with Gasteiger partial charge in [-0.25, -0.2) is 0 Å². The van der Waals surface area contributed by atoms with Crippen molar-refractivity contribution < 1.29 is 9.84 Å². The van der Waals surface area contributed by atoms with Gasteiger partial charge in [0.1, 0.15) is 0 Å². The number of rotatable bonds is 8. The van der Waals surface area contributed by atoms with Crippen LogP contribution < -0.4 is 5.32 Å². The summed E-state index contributed by atoms with van der Waals surface area (Å²) in [6, 6.07) is 8.37. The molecule has 0 saturated carbocycles. The Balaban J connectivity index is 2.42. The first-order valence-corrected chi connectivity index (χ1v) is 6.19. The van der Waals surface area contributed by atoms with Gasteiger partial charge in [0, 0.05) is 25.9 Å². The molecule has 0 heterocycles. The highest BCUT2D eigenvalue weighted by Gasteiger charge is 2.01. The van der Waals surface area contributed by atoms with Crippen molar-refractivity contribution in [1.82, 2.24) is 0 Å². The lowest BCUT2D eigenvalue weighted by atomic mass is 10.1. The van der Waals surface area contributed by atoms with Crippen LogP contribution in [0.1, 0.15) is 18.9 Å². The van der Waals surface area contributed by atoms with E-state index in [1.165, 1.54) is 5.56 Å². The summed E-state index contributed by atoms with van der Waals surface area (Å²) in [5, 5.41) is 12.2. The first-order valence-electron chi connectivity index (χ1n) is 6.19. The number of methoxy groups -OCH3 is 1. The van der Waals surface area contributed by atoms with E-state index in [0.29, 0.717) is 5.92 Å². The van der Waals surface area contributed by atoms with Gasteiger partial charge < -0.3 is 15.2 Å². The summed E-state index contributed by atoms with van der Waals surface area (Å²) in [7, 11) is 1.73. The lowest BCUT2D eigenvalue weighted by molar-refractivity contribution is 0.164. The third kappa shape index (κ3) is 5.71. The predicted octanol–water partition coefficient (Wildman–Crippen LogP) is 2.31. The molecule has 0 aromatic heterocycles. The SMILES string of the molecule is COCC(C)CNc1cccc(CCCO)c1. The first-order chi connectivity index (χ1) is 8.26. The van der Waals surface area contributed by atoms with Crippen molar-refractivity contribution in [1.29, 1.82) is 0 Å². The van der Waals surface area contributed by atoms with E-state index >= 15 is 0 Å². The number of ether oxygens (including phenoxy) is 1. The molecule has 0 spiro atoms. The second kappa shape index (κ2) is 8.09. The number of aliphatic hydroxyl groups excluding tert-OH is 1. The maximum Gasteiger partial charge on any atom is 0.0504 e. The van der Waals surface area contributed by atoms with Crippen LogP contribution in [0.15, 0.2) is 24.3 Å². The topological polar surface area (TPSA) is 41.5 Å². The molecule has 0 radical (unpaired) electrons. The molecule has 1 rings (SSSR count). The quantitative estimate of drug-likeness (QED) is 0.729. The summed E-state index contributed by atoms with van der Waals surface area (Å²) in [6.07, 6.45) is 1.75. The van der Waals surface area contributed by atoms with Gasteiger partial charge in [-0.3, -0.25) is 0 Å². The van der Waals surface area contributed by atoms with Crippen LogP contribution in [0.25, 0.3) is 0 Å². The van der Waals surface area contributed by atoms with Gasteiger partial charge in [-0.1, -0.05) is 19.1 Å². The minimum absolute atomic E-state index is 0.253. The van der Waals surface area contributed by atoms with Gasteiger partial charge in [0.15, 0.2) is 0 Å². The summed E-state index contributed by atoms with van der Waals surface area (Å²) in [4.78, 5) is 0. The zero-order valence-electron chi connectivity index (χ0n) is 10.8. The van der Waals surface area contributed by atoms with Crippen molar-refractivity contribution in [2.75, 3.05) is 32.2 Å². The zero-order valence-corrected chi connectivity index (χ0v) is 10.8. The Morgan fingerprint density at radius 2 is 2.24 bits per heavy atom. The molecule has 0 fully saturated rings. The Morgan fingerprint density at radius 3 is 2.94 bits per heavy atom. The van der Waals surface area contributed by atoms with Crippen molar-refractivity contribution in [3.05, 3.63) is 29.8 Å². The highest BCUT2D eigenvalue weighted by atomic mass is 16.5. The van der Waals surface area contributed by atoms with E-state index in [4.69, 9.17) is 9.84 Å². The zero-order chi connectivity index (χ0) is 12.5. The Bertz CT molecular complexity index is 315. The lowest BCUT2D eigenvalue weighted by Crippen LogP contribution is -2.15. The van der Waals surface area contributed by atoms with Gasteiger partial charge in [-0.2, -0.15) is 0 Å². The molecule has 1 atom stereocenters. The minimum Gasteiger partial charge on any atom is -0.396 e. The fraction of sp³-hybridized carbons (Fsp3) is 0.571. The monoisotopic (exact) mass is 237 g/mol. The van der Waals surface area contributed by atoms with Crippen LogP contribution in [0, 0.1) is 5.92 Å². The van der Waals surface area contributed by atoms with E-state index in [9.17, 15) is 0 Å². The highest BCUT2D eigenvalue weighted by molar-refractivity contribution is 5.45. The smallest absolute Gasteiger partial charge is 0.0504 e. The van der Waals surface area contributed by atoms with Crippen molar-refractivity contribution >= 4 is 5.69 Å². The van der Waals surface area contributed by atoms with Gasteiger partial charge in [0.25, 0.3) is 0 Å². The summed E-state index contributed by atoms with van der Waals surface area (Å²) >= 11 is 0. The average Bonchev–Trinajstić information content (AvgIpc) is 2.35. The number of anilines is 1. The molecule has 3 nitrogen and oxygen atoms in total. The van der Waals surface area contributed by atoms with Crippen LogP contribution in [0.2, 0.25) is 0 Å². The molecule has 0 bridgehead atoms. The van der Waals surface area contributed by atoms with Gasteiger partial charge in [-0.15, -0.1) is 0 Å². The average molecular weight is 237 g/mol. The molecule has 1 aromatic carbocycles. The van der Waals surface area contributed by atoms with Crippen molar-refractivity contribution in [3.63, 3.8) is 0 Å². The van der Waals surface area contributed by atoms with Gasteiger partial charge in [0.2, 0.25) is 0 Å². The standard InChI is InChI=1S/C14H23NO2/c1-12(11-17-2)10-15-14-7-3-5-13(9-14)6-4-8-16/h3,5,7,9,12,15-16H,4,6,8,10-11H2,1-2H3. The van der Waals surface area contributed by atoms with Gasteiger partial charge in [0.05, 0.1) is 6.61 Å². The molecule has 2 N–H and O–H groups in total. The van der Waals surface area contributed by atoms with Crippen molar-refractivity contribution in [2.24, 2.45) is 5.92 Å².